The topological polar surface area (TPSA) is 124 Å². The zero-order chi connectivity index (χ0) is 26.6. The molecule has 1 aliphatic heterocycles. The smallest absolute Gasteiger partial charge is 0.269 e. The molecule has 1 atom stereocenters. The average Bonchev–Trinajstić information content (AvgIpc) is 3.36. The molecule has 0 fully saturated rings. The largest absolute Gasteiger partial charge is 0.455 e. The summed E-state index contributed by atoms with van der Waals surface area (Å²) in [5, 5.41) is 20.3. The number of benzene rings is 2. The van der Waals surface area contributed by atoms with Crippen LogP contribution in [0.15, 0.2) is 70.2 Å². The van der Waals surface area contributed by atoms with Crippen molar-refractivity contribution < 1.29 is 18.9 Å². The highest BCUT2D eigenvalue weighted by molar-refractivity contribution is 7.99. The Labute approximate surface area is 223 Å². The lowest BCUT2D eigenvalue weighted by Gasteiger charge is -2.28. The van der Waals surface area contributed by atoms with Crippen LogP contribution in [0.1, 0.15) is 45.1 Å². The van der Waals surface area contributed by atoms with E-state index in [9.17, 15) is 14.9 Å². The van der Waals surface area contributed by atoms with E-state index in [-0.39, 0.29) is 17.5 Å². The molecular weight excluding hydrogens is 506 g/mol. The second-order valence-corrected chi connectivity index (χ2v) is 9.75. The van der Waals surface area contributed by atoms with E-state index in [2.05, 4.69) is 22.1 Å². The predicted octanol–water partition coefficient (Wildman–Crippen LogP) is 6.43. The lowest BCUT2D eigenvalue weighted by Crippen LogP contribution is -2.35. The molecule has 0 spiro atoms. The minimum absolute atomic E-state index is 0.0147. The van der Waals surface area contributed by atoms with Crippen molar-refractivity contribution in [1.29, 1.82) is 0 Å². The molecule has 5 rings (SSSR count). The number of nitro benzene ring substituents is 1. The molecule has 0 saturated heterocycles. The van der Waals surface area contributed by atoms with E-state index >= 15 is 0 Å². The monoisotopic (exact) mass is 531 g/mol. The SMILES string of the molecule is CCCCCSc1nnc2c(n1)O[C@@H](c1ccc(-c3ccc([N+](=O)[O-])cc3)o1)N(C(C)=O)c1ccccc1-2. The molecule has 38 heavy (non-hydrogen) atoms. The second kappa shape index (κ2) is 11.0. The van der Waals surface area contributed by atoms with E-state index < -0.39 is 11.2 Å². The number of nitro groups is 1. The number of hydrogen-bond acceptors (Lipinski definition) is 9. The number of hydrogen-bond donors (Lipinski definition) is 0. The van der Waals surface area contributed by atoms with Crippen molar-refractivity contribution in [3.8, 4) is 28.5 Å². The highest BCUT2D eigenvalue weighted by Gasteiger charge is 2.36. The van der Waals surface area contributed by atoms with Crippen LogP contribution >= 0.6 is 11.8 Å². The lowest BCUT2D eigenvalue weighted by molar-refractivity contribution is -0.384. The van der Waals surface area contributed by atoms with Gasteiger partial charge in [-0.05, 0) is 36.8 Å². The molecule has 1 aliphatic rings. The molecule has 0 unspecified atom stereocenters. The number of fused-ring (bicyclic) bond motifs is 3. The van der Waals surface area contributed by atoms with Crippen molar-refractivity contribution in [3.05, 3.63) is 76.5 Å². The molecule has 0 N–H and O–H groups in total. The molecule has 0 saturated carbocycles. The summed E-state index contributed by atoms with van der Waals surface area (Å²) in [6, 6.07) is 16.9. The summed E-state index contributed by atoms with van der Waals surface area (Å²) in [7, 11) is 0. The fourth-order valence-corrected chi connectivity index (χ4v) is 4.98. The number of ether oxygens (including phenoxy) is 1. The Morgan fingerprint density at radius 2 is 1.87 bits per heavy atom. The number of thioether (sulfide) groups is 1. The number of carbonyl (C=O) groups is 1. The van der Waals surface area contributed by atoms with Gasteiger partial charge in [-0.1, -0.05) is 49.7 Å². The molecule has 4 aromatic rings. The van der Waals surface area contributed by atoms with Gasteiger partial charge in [-0.15, -0.1) is 10.2 Å². The Morgan fingerprint density at radius 1 is 1.08 bits per heavy atom. The van der Waals surface area contributed by atoms with Gasteiger partial charge in [-0.25, -0.2) is 0 Å². The Hall–Kier alpha value is -4.25. The van der Waals surface area contributed by atoms with E-state index in [1.165, 1.54) is 35.7 Å². The normalized spacial score (nSPS) is 14.3. The molecule has 2 aromatic carbocycles. The van der Waals surface area contributed by atoms with Crippen LogP contribution in [-0.2, 0) is 4.79 Å². The highest BCUT2D eigenvalue weighted by atomic mass is 32.2. The molecular formula is C27H25N5O5S. The van der Waals surface area contributed by atoms with Gasteiger partial charge in [-0.2, -0.15) is 4.98 Å². The van der Waals surface area contributed by atoms with Crippen molar-refractivity contribution in [2.24, 2.45) is 0 Å². The van der Waals surface area contributed by atoms with Gasteiger partial charge in [0.15, 0.2) is 11.5 Å². The number of nitrogens with zero attached hydrogens (tertiary/aromatic N) is 5. The first-order valence-corrected chi connectivity index (χ1v) is 13.2. The number of non-ortho nitro benzene ring substituents is 1. The standard InChI is InChI=1S/C27H25N5O5S/c1-3-4-7-16-38-27-28-25-24(29-30-27)20-8-5-6-9-21(20)31(17(2)33)26(37-25)23-15-14-22(36-23)18-10-12-19(13-11-18)32(34)35/h5-6,8-15,26H,3-4,7,16H2,1-2H3/t26-/m0/s1. The number of para-hydroxylation sites is 1. The minimum atomic E-state index is -0.962. The van der Waals surface area contributed by atoms with Gasteiger partial charge in [0.2, 0.25) is 23.2 Å². The van der Waals surface area contributed by atoms with Crippen LogP contribution in [0.2, 0.25) is 0 Å². The summed E-state index contributed by atoms with van der Waals surface area (Å²) < 4.78 is 12.5. The molecule has 0 aliphatic carbocycles. The quantitative estimate of drug-likeness (QED) is 0.109. The highest BCUT2D eigenvalue weighted by Crippen LogP contribution is 2.44. The van der Waals surface area contributed by atoms with E-state index in [1.54, 1.807) is 24.3 Å². The number of aromatic nitrogens is 3. The summed E-state index contributed by atoms with van der Waals surface area (Å²) >= 11 is 1.51. The van der Waals surface area contributed by atoms with Crippen LogP contribution in [0.3, 0.4) is 0 Å². The minimum Gasteiger partial charge on any atom is -0.455 e. The number of carbonyl (C=O) groups excluding carboxylic acids is 1. The first-order chi connectivity index (χ1) is 18.5. The number of amides is 1. The van der Waals surface area contributed by atoms with Crippen LogP contribution in [0, 0.1) is 10.1 Å². The molecule has 1 amide bonds. The Balaban J connectivity index is 1.54. The van der Waals surface area contributed by atoms with E-state index in [0.717, 1.165) is 25.0 Å². The lowest BCUT2D eigenvalue weighted by atomic mass is 10.1. The van der Waals surface area contributed by atoms with Gasteiger partial charge in [0.05, 0.1) is 10.6 Å². The van der Waals surface area contributed by atoms with Crippen molar-refractivity contribution in [1.82, 2.24) is 15.2 Å². The van der Waals surface area contributed by atoms with Gasteiger partial charge in [0, 0.05) is 35.9 Å². The van der Waals surface area contributed by atoms with E-state index in [4.69, 9.17) is 9.15 Å². The maximum Gasteiger partial charge on any atom is 0.269 e. The molecule has 3 heterocycles. The fraction of sp³-hybridized carbons (Fsp3) is 0.259. The first-order valence-electron chi connectivity index (χ1n) is 12.2. The van der Waals surface area contributed by atoms with E-state index in [1.807, 2.05) is 24.3 Å². The summed E-state index contributed by atoms with van der Waals surface area (Å²) in [6.07, 6.45) is 2.33. The predicted molar refractivity (Wildman–Crippen MR) is 143 cm³/mol. The number of unbranched alkanes of at least 4 members (excludes halogenated alkanes) is 2. The molecule has 11 heteroatoms. The van der Waals surface area contributed by atoms with Crippen LogP contribution in [-0.4, -0.2) is 31.8 Å². The van der Waals surface area contributed by atoms with Gasteiger partial charge >= 0.3 is 0 Å². The fourth-order valence-electron chi connectivity index (χ4n) is 4.20. The molecule has 0 bridgehead atoms. The maximum absolute atomic E-state index is 13.0. The number of anilines is 1. The number of rotatable bonds is 8. The molecule has 10 nitrogen and oxygen atoms in total. The average molecular weight is 532 g/mol. The zero-order valence-corrected chi connectivity index (χ0v) is 21.7. The van der Waals surface area contributed by atoms with Gasteiger partial charge in [-0.3, -0.25) is 19.8 Å². The zero-order valence-electron chi connectivity index (χ0n) is 20.9. The molecule has 2 aromatic heterocycles. The summed E-state index contributed by atoms with van der Waals surface area (Å²) in [4.78, 5) is 29.7. The third kappa shape index (κ3) is 5.10. The van der Waals surface area contributed by atoms with Crippen molar-refractivity contribution in [2.45, 2.75) is 44.5 Å². The first kappa shape index (κ1) is 25.4. The van der Waals surface area contributed by atoms with Crippen LogP contribution in [0.5, 0.6) is 5.88 Å². The number of furan rings is 1. The summed E-state index contributed by atoms with van der Waals surface area (Å²) in [5.41, 5.74) is 2.34. The van der Waals surface area contributed by atoms with Crippen molar-refractivity contribution >= 4 is 29.0 Å². The van der Waals surface area contributed by atoms with Gasteiger partial charge < -0.3 is 9.15 Å². The van der Waals surface area contributed by atoms with Crippen LogP contribution in [0.4, 0.5) is 11.4 Å². The summed E-state index contributed by atoms with van der Waals surface area (Å²) in [5.74, 6) is 1.71. The van der Waals surface area contributed by atoms with E-state index in [0.29, 0.717) is 39.2 Å². The third-order valence-corrected chi connectivity index (χ3v) is 6.99. The van der Waals surface area contributed by atoms with Crippen LogP contribution < -0.4 is 9.64 Å². The Bertz CT molecular complexity index is 1470. The Kier molecular flexibility index (Phi) is 7.36. The summed E-state index contributed by atoms with van der Waals surface area (Å²) in [6.45, 7) is 3.61. The van der Waals surface area contributed by atoms with Gasteiger partial charge in [0.1, 0.15) is 5.76 Å². The maximum atomic E-state index is 13.0. The van der Waals surface area contributed by atoms with Gasteiger partial charge in [0.25, 0.3) is 5.69 Å². The molecule has 194 valence electrons. The van der Waals surface area contributed by atoms with Crippen molar-refractivity contribution in [2.75, 3.05) is 10.7 Å². The molecule has 0 radical (unpaired) electrons. The second-order valence-electron chi connectivity index (χ2n) is 8.69. The third-order valence-electron chi connectivity index (χ3n) is 6.06. The van der Waals surface area contributed by atoms with Crippen molar-refractivity contribution in [3.63, 3.8) is 0 Å². The van der Waals surface area contributed by atoms with Crippen LogP contribution in [0.25, 0.3) is 22.6 Å². The Morgan fingerprint density at radius 3 is 2.61 bits per heavy atom.